The van der Waals surface area contributed by atoms with E-state index in [0.29, 0.717) is 6.42 Å². The van der Waals surface area contributed by atoms with Gasteiger partial charge in [-0.05, 0) is 56.7 Å². The van der Waals surface area contributed by atoms with Crippen molar-refractivity contribution in [3.05, 3.63) is 36.5 Å². The normalized spacial score (nSPS) is 13.2. The zero-order valence-electron chi connectivity index (χ0n) is 15.4. The molecule has 0 fully saturated rings. The van der Waals surface area contributed by atoms with Crippen LogP contribution in [0, 0.1) is 5.92 Å². The number of rotatable bonds is 15. The smallest absolute Gasteiger partial charge is 0.306 e. The van der Waals surface area contributed by atoms with Crippen molar-refractivity contribution in [1.29, 1.82) is 0 Å². The highest BCUT2D eigenvalue weighted by molar-refractivity contribution is 7.80. The molecule has 136 valence electrons. The molecule has 0 aliphatic carbocycles. The van der Waals surface area contributed by atoms with Gasteiger partial charge in [0.1, 0.15) is 0 Å². The summed E-state index contributed by atoms with van der Waals surface area (Å²) in [5, 5.41) is 9.15. The number of thiocarbonyl (C=S) groups is 1. The number of hydrogen-bond acceptors (Lipinski definition) is 2. The molecule has 0 radical (unpaired) electrons. The molecule has 2 nitrogen and oxygen atoms in total. The molecule has 1 atom stereocenters. The van der Waals surface area contributed by atoms with E-state index in [-0.39, 0.29) is 5.92 Å². The van der Waals surface area contributed by atoms with Crippen LogP contribution in [0.1, 0.15) is 78.1 Å². The lowest BCUT2D eigenvalue weighted by atomic mass is 9.96. The summed E-state index contributed by atoms with van der Waals surface area (Å²) in [6.45, 7) is 3.97. The maximum absolute atomic E-state index is 11.1. The summed E-state index contributed by atoms with van der Waals surface area (Å²) in [6, 6.07) is 0. The van der Waals surface area contributed by atoms with Crippen LogP contribution in [0.15, 0.2) is 36.5 Å². The SMILES string of the molecule is CC/C=C\C/C=C\C/C=C\CCCCCCC(CC(C)=S)C(=O)O. The zero-order chi connectivity index (χ0) is 18.0. The van der Waals surface area contributed by atoms with Crippen LogP contribution >= 0.6 is 12.2 Å². The highest BCUT2D eigenvalue weighted by Crippen LogP contribution is 2.16. The first kappa shape index (κ1) is 22.8. The van der Waals surface area contributed by atoms with Gasteiger partial charge in [0.2, 0.25) is 0 Å². The van der Waals surface area contributed by atoms with Crippen LogP contribution in [-0.2, 0) is 4.79 Å². The molecule has 0 aliphatic heterocycles. The lowest BCUT2D eigenvalue weighted by molar-refractivity contribution is -0.141. The largest absolute Gasteiger partial charge is 0.481 e. The maximum atomic E-state index is 11.1. The van der Waals surface area contributed by atoms with Gasteiger partial charge in [-0.1, -0.05) is 74.9 Å². The molecule has 24 heavy (non-hydrogen) atoms. The molecule has 1 N–H and O–H groups in total. The number of carbonyl (C=O) groups is 1. The average Bonchev–Trinajstić information content (AvgIpc) is 2.53. The molecule has 0 heterocycles. The van der Waals surface area contributed by atoms with Crippen molar-refractivity contribution in [3.63, 3.8) is 0 Å². The second kappa shape index (κ2) is 16.6. The Kier molecular flexibility index (Phi) is 15.8. The van der Waals surface area contributed by atoms with Crippen LogP contribution in [-0.4, -0.2) is 15.9 Å². The Morgan fingerprint density at radius 1 is 0.958 bits per heavy atom. The fourth-order valence-electron chi connectivity index (χ4n) is 2.49. The van der Waals surface area contributed by atoms with E-state index in [2.05, 4.69) is 43.4 Å². The highest BCUT2D eigenvalue weighted by atomic mass is 32.1. The molecule has 3 heteroatoms. The standard InChI is InChI=1S/C21H34O2S/c1-3-4-5-6-7-8-9-10-11-12-13-14-15-16-17-20(21(22)23)18-19(2)24/h4-5,7-8,10-11,20H,3,6,9,12-18H2,1-2H3,(H,22,23)/b5-4-,8-7-,11-10-. The van der Waals surface area contributed by atoms with E-state index in [9.17, 15) is 4.79 Å². The monoisotopic (exact) mass is 350 g/mol. The summed E-state index contributed by atoms with van der Waals surface area (Å²) < 4.78 is 0. The van der Waals surface area contributed by atoms with E-state index in [4.69, 9.17) is 17.3 Å². The van der Waals surface area contributed by atoms with Gasteiger partial charge in [-0.2, -0.15) is 0 Å². The zero-order valence-corrected chi connectivity index (χ0v) is 16.2. The Morgan fingerprint density at radius 3 is 2.12 bits per heavy atom. The summed E-state index contributed by atoms with van der Waals surface area (Å²) in [6.07, 6.45) is 23.3. The minimum atomic E-state index is -0.708. The summed E-state index contributed by atoms with van der Waals surface area (Å²) in [5.41, 5.74) is 0. The number of carboxylic acid groups (broad SMARTS) is 1. The minimum Gasteiger partial charge on any atom is -0.481 e. The summed E-state index contributed by atoms with van der Waals surface area (Å²) in [5.74, 6) is -0.998. The Labute approximate surface area is 153 Å². The first-order valence-corrected chi connectivity index (χ1v) is 9.66. The third kappa shape index (κ3) is 15.7. The summed E-state index contributed by atoms with van der Waals surface area (Å²) >= 11 is 5.02. The molecule has 1 unspecified atom stereocenters. The van der Waals surface area contributed by atoms with Gasteiger partial charge >= 0.3 is 5.97 Å². The second-order valence-corrected chi connectivity index (χ2v) is 6.92. The first-order valence-electron chi connectivity index (χ1n) is 9.25. The van der Waals surface area contributed by atoms with Gasteiger partial charge < -0.3 is 5.11 Å². The van der Waals surface area contributed by atoms with Crippen LogP contribution in [0.25, 0.3) is 0 Å². The molecular formula is C21H34O2S. The third-order valence-corrected chi connectivity index (χ3v) is 4.00. The number of carboxylic acids is 1. The molecule has 0 aromatic rings. The van der Waals surface area contributed by atoms with Gasteiger partial charge in [0, 0.05) is 0 Å². The number of aliphatic carboxylic acids is 1. The van der Waals surface area contributed by atoms with E-state index in [1.807, 2.05) is 6.92 Å². The number of allylic oxidation sites excluding steroid dienone is 6. The van der Waals surface area contributed by atoms with Crippen molar-refractivity contribution >= 4 is 23.1 Å². The quantitative estimate of drug-likeness (QED) is 0.204. The van der Waals surface area contributed by atoms with E-state index in [1.54, 1.807) is 0 Å². The fraction of sp³-hybridized carbons (Fsp3) is 0.619. The predicted octanol–water partition coefficient (Wildman–Crippen LogP) is 6.67. The molecule has 0 rings (SSSR count). The van der Waals surface area contributed by atoms with Gasteiger partial charge in [-0.25, -0.2) is 0 Å². The first-order chi connectivity index (χ1) is 11.6. The molecule has 0 aliphatic rings. The lowest BCUT2D eigenvalue weighted by Gasteiger charge is -2.10. The Balaban J connectivity index is 3.55. The molecular weight excluding hydrogens is 316 g/mol. The molecule has 0 aromatic carbocycles. The van der Waals surface area contributed by atoms with Crippen molar-refractivity contribution in [2.75, 3.05) is 0 Å². The molecule has 0 saturated carbocycles. The topological polar surface area (TPSA) is 37.3 Å². The number of hydrogen-bond donors (Lipinski definition) is 1. The van der Waals surface area contributed by atoms with Gasteiger partial charge in [0.15, 0.2) is 0 Å². The Hall–Kier alpha value is -1.22. The Bertz CT molecular complexity index is 422. The molecule has 0 bridgehead atoms. The average molecular weight is 351 g/mol. The molecule has 0 amide bonds. The molecule has 0 spiro atoms. The van der Waals surface area contributed by atoms with Crippen LogP contribution < -0.4 is 0 Å². The van der Waals surface area contributed by atoms with Crippen molar-refractivity contribution in [2.45, 2.75) is 78.1 Å². The van der Waals surface area contributed by atoms with Gasteiger partial charge in [0.05, 0.1) is 5.92 Å². The summed E-state index contributed by atoms with van der Waals surface area (Å²) in [4.78, 5) is 11.9. The van der Waals surface area contributed by atoms with Gasteiger partial charge in [-0.15, -0.1) is 0 Å². The minimum absolute atomic E-state index is 0.290. The fourth-order valence-corrected chi connectivity index (χ4v) is 2.69. The van der Waals surface area contributed by atoms with E-state index in [1.165, 1.54) is 12.8 Å². The van der Waals surface area contributed by atoms with E-state index < -0.39 is 5.97 Å². The van der Waals surface area contributed by atoms with Crippen molar-refractivity contribution in [3.8, 4) is 0 Å². The third-order valence-electron chi connectivity index (χ3n) is 3.84. The molecule has 0 saturated heterocycles. The van der Waals surface area contributed by atoms with Crippen LogP contribution in [0.2, 0.25) is 0 Å². The Morgan fingerprint density at radius 2 is 1.54 bits per heavy atom. The molecule has 0 aromatic heterocycles. The highest BCUT2D eigenvalue weighted by Gasteiger charge is 2.17. The van der Waals surface area contributed by atoms with Crippen molar-refractivity contribution < 1.29 is 9.90 Å². The van der Waals surface area contributed by atoms with Crippen LogP contribution in [0.3, 0.4) is 0 Å². The van der Waals surface area contributed by atoms with Gasteiger partial charge in [0.25, 0.3) is 0 Å². The summed E-state index contributed by atoms with van der Waals surface area (Å²) in [7, 11) is 0. The lowest BCUT2D eigenvalue weighted by Crippen LogP contribution is -2.16. The van der Waals surface area contributed by atoms with Crippen molar-refractivity contribution in [2.24, 2.45) is 5.92 Å². The van der Waals surface area contributed by atoms with Crippen LogP contribution in [0.5, 0.6) is 0 Å². The van der Waals surface area contributed by atoms with Crippen molar-refractivity contribution in [1.82, 2.24) is 0 Å². The predicted molar refractivity (Wildman–Crippen MR) is 109 cm³/mol. The van der Waals surface area contributed by atoms with Crippen LogP contribution in [0.4, 0.5) is 0 Å². The maximum Gasteiger partial charge on any atom is 0.306 e. The van der Waals surface area contributed by atoms with Gasteiger partial charge in [-0.3, -0.25) is 4.79 Å². The second-order valence-electron chi connectivity index (χ2n) is 6.23. The van der Waals surface area contributed by atoms with E-state index >= 15 is 0 Å². The van der Waals surface area contributed by atoms with E-state index in [0.717, 1.165) is 49.8 Å². The number of unbranched alkanes of at least 4 members (excludes halogenated alkanes) is 4.